The first-order chi connectivity index (χ1) is 11.7. The van der Waals surface area contributed by atoms with Crippen molar-refractivity contribution >= 4 is 0 Å². The summed E-state index contributed by atoms with van der Waals surface area (Å²) in [6.45, 7) is 3.89. The molecule has 0 radical (unpaired) electrons. The van der Waals surface area contributed by atoms with E-state index in [9.17, 15) is 0 Å². The second-order valence-electron chi connectivity index (χ2n) is 6.65. The monoisotopic (exact) mass is 346 g/mol. The van der Waals surface area contributed by atoms with Crippen molar-refractivity contribution in [2.45, 2.75) is 89.3 Å². The molecule has 0 amide bonds. The molecule has 24 heavy (non-hydrogen) atoms. The van der Waals surface area contributed by atoms with Gasteiger partial charge in [-0.1, -0.05) is 45.4 Å². The van der Waals surface area contributed by atoms with Crippen molar-refractivity contribution in [2.24, 2.45) is 0 Å². The summed E-state index contributed by atoms with van der Waals surface area (Å²) in [6, 6.07) is 0. The van der Waals surface area contributed by atoms with Gasteiger partial charge >= 0.3 is 0 Å². The Labute approximate surface area is 148 Å². The van der Waals surface area contributed by atoms with E-state index in [1.807, 2.05) is 0 Å². The lowest BCUT2D eigenvalue weighted by atomic mass is 10.0. The van der Waals surface area contributed by atoms with Crippen molar-refractivity contribution < 1.29 is 23.7 Å². The highest BCUT2D eigenvalue weighted by Crippen LogP contribution is 2.22. The second-order valence-corrected chi connectivity index (χ2v) is 6.65. The first-order valence-corrected chi connectivity index (χ1v) is 9.58. The zero-order valence-corrected chi connectivity index (χ0v) is 16.2. The summed E-state index contributed by atoms with van der Waals surface area (Å²) in [5.41, 5.74) is 0. The van der Waals surface area contributed by atoms with Crippen LogP contribution in [0.5, 0.6) is 0 Å². The van der Waals surface area contributed by atoms with Gasteiger partial charge in [0.15, 0.2) is 0 Å². The van der Waals surface area contributed by atoms with E-state index >= 15 is 0 Å². The van der Waals surface area contributed by atoms with Crippen molar-refractivity contribution in [1.82, 2.24) is 0 Å². The predicted molar refractivity (Wildman–Crippen MR) is 95.1 cm³/mol. The second kappa shape index (κ2) is 13.1. The van der Waals surface area contributed by atoms with E-state index in [1.165, 1.54) is 51.4 Å². The number of unbranched alkanes of at least 4 members (excludes halogenated alkanes) is 5. The van der Waals surface area contributed by atoms with Crippen LogP contribution in [-0.4, -0.2) is 52.7 Å². The lowest BCUT2D eigenvalue weighted by Crippen LogP contribution is -2.35. The summed E-state index contributed by atoms with van der Waals surface area (Å²) >= 11 is 0. The van der Waals surface area contributed by atoms with Crippen molar-refractivity contribution in [2.75, 3.05) is 34.5 Å². The maximum atomic E-state index is 5.96. The molecule has 0 aromatic heterocycles. The van der Waals surface area contributed by atoms with Crippen LogP contribution in [0.25, 0.3) is 0 Å². The number of rotatable bonds is 17. The number of hydrogen-bond donors (Lipinski definition) is 0. The molecule has 2 atom stereocenters. The van der Waals surface area contributed by atoms with Crippen LogP contribution < -0.4 is 0 Å². The van der Waals surface area contributed by atoms with Crippen LogP contribution in [0.3, 0.4) is 0 Å². The average Bonchev–Trinajstić information content (AvgIpc) is 3.43. The standard InChI is InChI=1S/C19H38O5/c1-5-12-17(23-15-18-16-24-18)13-10-8-6-7-9-11-14-19(20-2,21-3)22-4/h17-18H,5-16H2,1-4H3. The van der Waals surface area contributed by atoms with Gasteiger partial charge in [-0.05, 0) is 19.3 Å². The summed E-state index contributed by atoms with van der Waals surface area (Å²) in [4.78, 5) is 0. The molecule has 1 heterocycles. The van der Waals surface area contributed by atoms with Crippen molar-refractivity contribution in [3.05, 3.63) is 0 Å². The molecular weight excluding hydrogens is 308 g/mol. The van der Waals surface area contributed by atoms with Gasteiger partial charge in [0.05, 0.1) is 19.3 Å². The molecule has 2 unspecified atom stereocenters. The number of epoxide rings is 1. The highest BCUT2D eigenvalue weighted by Gasteiger charge is 2.28. The summed E-state index contributed by atoms with van der Waals surface area (Å²) in [6.07, 6.45) is 12.4. The van der Waals surface area contributed by atoms with E-state index in [4.69, 9.17) is 23.7 Å². The Morgan fingerprint density at radius 2 is 1.50 bits per heavy atom. The third-order valence-electron chi connectivity index (χ3n) is 4.72. The fourth-order valence-corrected chi connectivity index (χ4v) is 3.02. The number of methoxy groups -OCH3 is 3. The fourth-order valence-electron chi connectivity index (χ4n) is 3.02. The molecule has 1 aliphatic heterocycles. The Morgan fingerprint density at radius 1 is 0.917 bits per heavy atom. The van der Waals surface area contributed by atoms with E-state index in [0.29, 0.717) is 12.2 Å². The quantitative estimate of drug-likeness (QED) is 0.223. The van der Waals surface area contributed by atoms with E-state index in [2.05, 4.69) is 6.92 Å². The van der Waals surface area contributed by atoms with E-state index < -0.39 is 5.97 Å². The lowest BCUT2D eigenvalue weighted by molar-refractivity contribution is -0.355. The molecule has 1 rings (SSSR count). The SMILES string of the molecule is CCCC(CCCCCCCCC(OC)(OC)OC)OCC1CO1. The molecule has 0 aromatic rings. The summed E-state index contributed by atoms with van der Waals surface area (Å²) in [7, 11) is 4.87. The highest BCUT2D eigenvalue weighted by atomic mass is 16.9. The summed E-state index contributed by atoms with van der Waals surface area (Å²) in [5, 5.41) is 0. The van der Waals surface area contributed by atoms with Gasteiger partial charge in [0.2, 0.25) is 0 Å². The van der Waals surface area contributed by atoms with Gasteiger partial charge in [0.25, 0.3) is 5.97 Å². The Morgan fingerprint density at radius 3 is 2.04 bits per heavy atom. The van der Waals surface area contributed by atoms with Gasteiger partial charge in [-0.3, -0.25) is 0 Å². The van der Waals surface area contributed by atoms with Crippen molar-refractivity contribution in [1.29, 1.82) is 0 Å². The Balaban J connectivity index is 1.98. The van der Waals surface area contributed by atoms with Gasteiger partial charge < -0.3 is 23.7 Å². The third-order valence-corrected chi connectivity index (χ3v) is 4.72. The highest BCUT2D eigenvalue weighted by molar-refractivity contribution is 4.69. The van der Waals surface area contributed by atoms with Crippen LogP contribution in [0.15, 0.2) is 0 Å². The minimum absolute atomic E-state index is 0.378. The van der Waals surface area contributed by atoms with E-state index in [-0.39, 0.29) is 0 Å². The molecule has 5 nitrogen and oxygen atoms in total. The summed E-state index contributed by atoms with van der Waals surface area (Å²) in [5.74, 6) is -0.865. The topological polar surface area (TPSA) is 49.5 Å². The molecule has 1 aliphatic rings. The zero-order chi connectivity index (χ0) is 17.7. The Kier molecular flexibility index (Phi) is 11.9. The molecular formula is C19H38O5. The Bertz CT molecular complexity index is 281. The van der Waals surface area contributed by atoms with Crippen molar-refractivity contribution in [3.63, 3.8) is 0 Å². The molecule has 144 valence electrons. The minimum atomic E-state index is -0.865. The summed E-state index contributed by atoms with van der Waals surface area (Å²) < 4.78 is 27.1. The van der Waals surface area contributed by atoms with Crippen LogP contribution in [0, 0.1) is 0 Å². The molecule has 0 N–H and O–H groups in total. The van der Waals surface area contributed by atoms with Crippen LogP contribution in [0.4, 0.5) is 0 Å². The molecule has 0 spiro atoms. The molecule has 1 fully saturated rings. The van der Waals surface area contributed by atoms with Crippen LogP contribution in [0.2, 0.25) is 0 Å². The zero-order valence-electron chi connectivity index (χ0n) is 16.2. The van der Waals surface area contributed by atoms with Crippen LogP contribution >= 0.6 is 0 Å². The first kappa shape index (κ1) is 21.8. The van der Waals surface area contributed by atoms with Gasteiger partial charge in [0, 0.05) is 27.8 Å². The van der Waals surface area contributed by atoms with Gasteiger partial charge in [-0.15, -0.1) is 0 Å². The molecule has 0 aromatic carbocycles. The number of ether oxygens (including phenoxy) is 5. The maximum absolute atomic E-state index is 5.96. The van der Waals surface area contributed by atoms with Crippen molar-refractivity contribution in [3.8, 4) is 0 Å². The molecule has 0 bridgehead atoms. The van der Waals surface area contributed by atoms with Crippen LogP contribution in [-0.2, 0) is 23.7 Å². The predicted octanol–water partition coefficient (Wildman–Crippen LogP) is 4.28. The fraction of sp³-hybridized carbons (Fsp3) is 1.00. The molecule has 0 aliphatic carbocycles. The normalized spacial score (nSPS) is 18.8. The molecule has 1 saturated heterocycles. The lowest BCUT2D eigenvalue weighted by Gasteiger charge is -2.28. The minimum Gasteiger partial charge on any atom is -0.375 e. The molecule has 0 saturated carbocycles. The van der Waals surface area contributed by atoms with E-state index in [1.54, 1.807) is 21.3 Å². The van der Waals surface area contributed by atoms with Gasteiger partial charge in [-0.25, -0.2) is 0 Å². The van der Waals surface area contributed by atoms with Gasteiger partial charge in [0.1, 0.15) is 6.10 Å². The average molecular weight is 347 g/mol. The third kappa shape index (κ3) is 9.33. The van der Waals surface area contributed by atoms with Gasteiger partial charge in [-0.2, -0.15) is 0 Å². The smallest absolute Gasteiger partial charge is 0.282 e. The Hall–Kier alpha value is -0.200. The first-order valence-electron chi connectivity index (χ1n) is 9.58. The van der Waals surface area contributed by atoms with E-state index in [0.717, 1.165) is 26.1 Å². The maximum Gasteiger partial charge on any atom is 0.282 e. The molecule has 5 heteroatoms. The number of hydrogen-bond acceptors (Lipinski definition) is 5. The largest absolute Gasteiger partial charge is 0.375 e. The van der Waals surface area contributed by atoms with Crippen LogP contribution in [0.1, 0.15) is 71.1 Å².